The monoisotopic (exact) mass is 353 g/mol. The Morgan fingerprint density at radius 3 is 2.85 bits per heavy atom. The number of anilines is 1. The molecule has 0 radical (unpaired) electrons. The molecule has 1 aromatic carbocycles. The molecular formula is C15H20BrN3S. The van der Waals surface area contributed by atoms with Crippen LogP contribution in [0.2, 0.25) is 0 Å². The van der Waals surface area contributed by atoms with Crippen molar-refractivity contribution in [2.45, 2.75) is 26.9 Å². The molecule has 2 aromatic rings. The summed E-state index contributed by atoms with van der Waals surface area (Å²) in [7, 11) is 2.14. The Labute approximate surface area is 133 Å². The van der Waals surface area contributed by atoms with Crippen LogP contribution in [0.4, 0.5) is 5.69 Å². The standard InChI is InChI=1S/C15H20BrN3S/c1-4-17-8-12-5-6-13(16)7-14(12)19(3)9-15-11(2)18-10-20-15/h5-7,10,17H,4,8-9H2,1-3H3. The van der Waals surface area contributed by atoms with E-state index in [-0.39, 0.29) is 0 Å². The summed E-state index contributed by atoms with van der Waals surface area (Å²) in [6, 6.07) is 6.46. The van der Waals surface area contributed by atoms with Crippen molar-refractivity contribution in [3.8, 4) is 0 Å². The lowest BCUT2D eigenvalue weighted by Gasteiger charge is -2.22. The summed E-state index contributed by atoms with van der Waals surface area (Å²) < 4.78 is 1.11. The Morgan fingerprint density at radius 1 is 1.40 bits per heavy atom. The lowest BCUT2D eigenvalue weighted by atomic mass is 10.1. The van der Waals surface area contributed by atoms with Gasteiger partial charge in [-0.25, -0.2) is 4.98 Å². The molecule has 108 valence electrons. The van der Waals surface area contributed by atoms with Crippen LogP contribution < -0.4 is 10.2 Å². The van der Waals surface area contributed by atoms with E-state index in [4.69, 9.17) is 0 Å². The highest BCUT2D eigenvalue weighted by molar-refractivity contribution is 9.10. The van der Waals surface area contributed by atoms with Gasteiger partial charge >= 0.3 is 0 Å². The molecule has 2 rings (SSSR count). The minimum Gasteiger partial charge on any atom is -0.369 e. The third-order valence-corrected chi connectivity index (χ3v) is 4.66. The molecule has 0 spiro atoms. The third kappa shape index (κ3) is 3.81. The van der Waals surface area contributed by atoms with Crippen LogP contribution in [0.3, 0.4) is 0 Å². The highest BCUT2D eigenvalue weighted by Gasteiger charge is 2.11. The lowest BCUT2D eigenvalue weighted by Crippen LogP contribution is -2.20. The van der Waals surface area contributed by atoms with E-state index in [1.807, 2.05) is 5.51 Å². The second kappa shape index (κ2) is 7.20. The first-order chi connectivity index (χ1) is 9.61. The molecule has 3 nitrogen and oxygen atoms in total. The molecule has 5 heteroatoms. The van der Waals surface area contributed by atoms with Gasteiger partial charge in [0, 0.05) is 28.6 Å². The molecular weight excluding hydrogens is 334 g/mol. The molecule has 1 heterocycles. The molecule has 0 aliphatic heterocycles. The lowest BCUT2D eigenvalue weighted by molar-refractivity contribution is 0.723. The smallest absolute Gasteiger partial charge is 0.0798 e. The summed E-state index contributed by atoms with van der Waals surface area (Å²) >= 11 is 5.29. The largest absolute Gasteiger partial charge is 0.369 e. The number of rotatable bonds is 6. The summed E-state index contributed by atoms with van der Waals surface area (Å²) in [4.78, 5) is 7.93. The second-order valence-electron chi connectivity index (χ2n) is 4.77. The summed E-state index contributed by atoms with van der Waals surface area (Å²) in [5, 5.41) is 3.40. The molecule has 0 amide bonds. The van der Waals surface area contributed by atoms with E-state index < -0.39 is 0 Å². The van der Waals surface area contributed by atoms with Crippen molar-refractivity contribution in [1.82, 2.24) is 10.3 Å². The average Bonchev–Trinajstić information content (AvgIpc) is 2.83. The number of hydrogen-bond acceptors (Lipinski definition) is 4. The Bertz CT molecular complexity index is 568. The molecule has 0 atom stereocenters. The fourth-order valence-electron chi connectivity index (χ4n) is 2.08. The summed E-state index contributed by atoms with van der Waals surface area (Å²) in [6.45, 7) is 6.97. The van der Waals surface area contributed by atoms with Gasteiger partial charge in [0.15, 0.2) is 0 Å². The number of aryl methyl sites for hydroxylation is 1. The second-order valence-corrected chi connectivity index (χ2v) is 6.63. The summed E-state index contributed by atoms with van der Waals surface area (Å²) in [5.41, 5.74) is 5.62. The molecule has 1 aromatic heterocycles. The molecule has 0 aliphatic rings. The van der Waals surface area contributed by atoms with Crippen molar-refractivity contribution >= 4 is 33.0 Å². The fraction of sp³-hybridized carbons (Fsp3) is 0.400. The van der Waals surface area contributed by atoms with Gasteiger partial charge in [0.1, 0.15) is 0 Å². The molecule has 0 aliphatic carbocycles. The molecule has 1 N–H and O–H groups in total. The number of benzene rings is 1. The van der Waals surface area contributed by atoms with Gasteiger partial charge in [-0.15, -0.1) is 11.3 Å². The van der Waals surface area contributed by atoms with Crippen molar-refractivity contribution in [3.63, 3.8) is 0 Å². The van der Waals surface area contributed by atoms with Crippen LogP contribution in [0.1, 0.15) is 23.1 Å². The van der Waals surface area contributed by atoms with Crippen LogP contribution in [0.25, 0.3) is 0 Å². The Balaban J connectivity index is 2.21. The number of halogens is 1. The summed E-state index contributed by atoms with van der Waals surface area (Å²) in [6.07, 6.45) is 0. The van der Waals surface area contributed by atoms with Crippen LogP contribution in [-0.4, -0.2) is 18.6 Å². The first-order valence-electron chi connectivity index (χ1n) is 6.71. The first-order valence-corrected chi connectivity index (χ1v) is 8.38. The van der Waals surface area contributed by atoms with Crippen molar-refractivity contribution in [2.75, 3.05) is 18.5 Å². The Hall–Kier alpha value is -0.910. The highest BCUT2D eigenvalue weighted by atomic mass is 79.9. The Kier molecular flexibility index (Phi) is 5.57. The number of aromatic nitrogens is 1. The zero-order valence-electron chi connectivity index (χ0n) is 12.1. The van der Waals surface area contributed by atoms with Gasteiger partial charge in [-0.3, -0.25) is 0 Å². The quantitative estimate of drug-likeness (QED) is 0.851. The normalized spacial score (nSPS) is 10.8. The van der Waals surface area contributed by atoms with E-state index in [2.05, 4.69) is 70.2 Å². The number of nitrogens with one attached hydrogen (secondary N) is 1. The van der Waals surface area contributed by atoms with Crippen molar-refractivity contribution < 1.29 is 0 Å². The van der Waals surface area contributed by atoms with E-state index in [9.17, 15) is 0 Å². The first kappa shape index (κ1) is 15.5. The van der Waals surface area contributed by atoms with Gasteiger partial charge in [-0.2, -0.15) is 0 Å². The molecule has 20 heavy (non-hydrogen) atoms. The molecule has 0 fully saturated rings. The maximum absolute atomic E-state index is 4.32. The van der Waals surface area contributed by atoms with E-state index in [1.165, 1.54) is 16.1 Å². The van der Waals surface area contributed by atoms with E-state index in [0.29, 0.717) is 0 Å². The van der Waals surface area contributed by atoms with E-state index in [0.717, 1.165) is 29.8 Å². The topological polar surface area (TPSA) is 28.2 Å². The van der Waals surface area contributed by atoms with Crippen molar-refractivity contribution in [2.24, 2.45) is 0 Å². The third-order valence-electron chi connectivity index (χ3n) is 3.25. The minimum absolute atomic E-state index is 0.894. The summed E-state index contributed by atoms with van der Waals surface area (Å²) in [5.74, 6) is 0. The van der Waals surface area contributed by atoms with Crippen LogP contribution >= 0.6 is 27.3 Å². The molecule has 0 unspecified atom stereocenters. The Morgan fingerprint density at radius 2 is 2.20 bits per heavy atom. The number of hydrogen-bond donors (Lipinski definition) is 1. The van der Waals surface area contributed by atoms with Gasteiger partial charge in [-0.05, 0) is 31.2 Å². The van der Waals surface area contributed by atoms with Crippen molar-refractivity contribution in [3.05, 3.63) is 44.3 Å². The predicted octanol–water partition coefficient (Wildman–Crippen LogP) is 3.96. The van der Waals surface area contributed by atoms with Gasteiger partial charge in [0.05, 0.1) is 17.7 Å². The minimum atomic E-state index is 0.894. The van der Waals surface area contributed by atoms with Crippen molar-refractivity contribution in [1.29, 1.82) is 0 Å². The molecule has 0 saturated carbocycles. The number of thiazole rings is 1. The van der Waals surface area contributed by atoms with Crippen LogP contribution in [-0.2, 0) is 13.1 Å². The van der Waals surface area contributed by atoms with Gasteiger partial charge in [0.25, 0.3) is 0 Å². The van der Waals surface area contributed by atoms with E-state index in [1.54, 1.807) is 11.3 Å². The van der Waals surface area contributed by atoms with Crippen LogP contribution in [0, 0.1) is 6.92 Å². The highest BCUT2D eigenvalue weighted by Crippen LogP contribution is 2.27. The molecule has 0 bridgehead atoms. The van der Waals surface area contributed by atoms with E-state index >= 15 is 0 Å². The predicted molar refractivity (Wildman–Crippen MR) is 90.5 cm³/mol. The van der Waals surface area contributed by atoms with Gasteiger partial charge in [-0.1, -0.05) is 28.9 Å². The maximum Gasteiger partial charge on any atom is 0.0798 e. The van der Waals surface area contributed by atoms with Gasteiger partial charge in [0.2, 0.25) is 0 Å². The number of nitrogens with zero attached hydrogens (tertiary/aromatic N) is 2. The van der Waals surface area contributed by atoms with Crippen LogP contribution in [0.5, 0.6) is 0 Å². The molecule has 0 saturated heterocycles. The zero-order chi connectivity index (χ0) is 14.5. The maximum atomic E-state index is 4.32. The zero-order valence-corrected chi connectivity index (χ0v) is 14.5. The average molecular weight is 354 g/mol. The van der Waals surface area contributed by atoms with Gasteiger partial charge < -0.3 is 10.2 Å². The fourth-order valence-corrected chi connectivity index (χ4v) is 3.26. The van der Waals surface area contributed by atoms with Crippen LogP contribution in [0.15, 0.2) is 28.2 Å². The SMILES string of the molecule is CCNCc1ccc(Br)cc1N(C)Cc1scnc1C.